The summed E-state index contributed by atoms with van der Waals surface area (Å²) in [6.45, 7) is 9.56. The summed E-state index contributed by atoms with van der Waals surface area (Å²) in [5.74, 6) is 1.22. The van der Waals surface area contributed by atoms with Crippen LogP contribution in [0.1, 0.15) is 23.6 Å². The molecular weight excluding hydrogens is 392 g/mol. The van der Waals surface area contributed by atoms with Crippen LogP contribution in [0, 0.1) is 6.92 Å². The molecule has 0 aliphatic carbocycles. The smallest absolute Gasteiger partial charge is 0.254 e. The topological polar surface area (TPSA) is 66.4 Å². The summed E-state index contributed by atoms with van der Waals surface area (Å²) in [5.41, 5.74) is 6.05. The van der Waals surface area contributed by atoms with Crippen molar-refractivity contribution in [3.8, 4) is 11.5 Å². The number of carbonyl (C=O) groups is 1. The summed E-state index contributed by atoms with van der Waals surface area (Å²) in [5, 5.41) is 4.08. The molecule has 0 unspecified atom stereocenters. The Hall–Kier alpha value is -2.90. The van der Waals surface area contributed by atoms with Gasteiger partial charge in [0.05, 0.1) is 26.5 Å². The molecule has 0 saturated carbocycles. The number of hydrogen-bond acceptors (Lipinski definition) is 6. The van der Waals surface area contributed by atoms with E-state index >= 15 is 0 Å². The van der Waals surface area contributed by atoms with Crippen molar-refractivity contribution in [1.82, 2.24) is 15.2 Å². The van der Waals surface area contributed by atoms with Crippen LogP contribution >= 0.6 is 0 Å². The molecule has 7 nitrogen and oxygen atoms in total. The van der Waals surface area contributed by atoms with Crippen molar-refractivity contribution in [2.24, 2.45) is 5.10 Å². The molecule has 1 amide bonds. The Bertz CT molecular complexity index is 875. The van der Waals surface area contributed by atoms with E-state index in [1.165, 1.54) is 11.1 Å². The molecule has 31 heavy (non-hydrogen) atoms. The van der Waals surface area contributed by atoms with Crippen molar-refractivity contribution < 1.29 is 14.3 Å². The molecule has 3 rings (SSSR count). The van der Waals surface area contributed by atoms with E-state index in [0.717, 1.165) is 38.3 Å². The van der Waals surface area contributed by atoms with Crippen LogP contribution in [0.2, 0.25) is 0 Å². The Balaban J connectivity index is 1.40. The Kier molecular flexibility index (Phi) is 8.44. The number of benzene rings is 2. The first-order valence-corrected chi connectivity index (χ1v) is 10.7. The molecule has 166 valence electrons. The number of amides is 1. The first kappa shape index (κ1) is 22.8. The normalized spacial score (nSPS) is 15.2. The number of piperazine rings is 1. The zero-order valence-electron chi connectivity index (χ0n) is 18.6. The minimum Gasteiger partial charge on any atom is -0.493 e. The number of hydrogen-bond donors (Lipinski definition) is 1. The average Bonchev–Trinajstić information content (AvgIpc) is 2.78. The third-order valence-electron chi connectivity index (χ3n) is 5.25. The lowest BCUT2D eigenvalue weighted by molar-refractivity contribution is -0.122. The van der Waals surface area contributed by atoms with E-state index in [-0.39, 0.29) is 5.91 Å². The molecule has 0 aromatic heterocycles. The van der Waals surface area contributed by atoms with E-state index in [0.29, 0.717) is 24.7 Å². The predicted molar refractivity (Wildman–Crippen MR) is 123 cm³/mol. The number of ether oxygens (including phenoxy) is 2. The van der Waals surface area contributed by atoms with Crippen molar-refractivity contribution in [3.63, 3.8) is 0 Å². The summed E-state index contributed by atoms with van der Waals surface area (Å²) in [7, 11) is 1.60. The van der Waals surface area contributed by atoms with E-state index in [1.54, 1.807) is 13.3 Å². The monoisotopic (exact) mass is 424 g/mol. The molecule has 1 aliphatic heterocycles. The average molecular weight is 425 g/mol. The van der Waals surface area contributed by atoms with Gasteiger partial charge in [-0.05, 0) is 43.2 Å². The van der Waals surface area contributed by atoms with Crippen molar-refractivity contribution in [2.45, 2.75) is 20.4 Å². The molecule has 1 fully saturated rings. The second-order valence-corrected chi connectivity index (χ2v) is 7.67. The van der Waals surface area contributed by atoms with Crippen LogP contribution in [0.25, 0.3) is 0 Å². The van der Waals surface area contributed by atoms with Crippen molar-refractivity contribution in [2.75, 3.05) is 46.4 Å². The Morgan fingerprint density at radius 1 is 1.06 bits per heavy atom. The highest BCUT2D eigenvalue weighted by Crippen LogP contribution is 2.27. The van der Waals surface area contributed by atoms with E-state index in [1.807, 2.05) is 25.1 Å². The maximum Gasteiger partial charge on any atom is 0.254 e. The minimum absolute atomic E-state index is 0.110. The van der Waals surface area contributed by atoms with Crippen LogP contribution in [0.15, 0.2) is 47.6 Å². The SMILES string of the molecule is CCOc1ccc(/C=N/NC(=O)CN2CCN(Cc3ccc(C)cc3)CC2)cc1OC. The van der Waals surface area contributed by atoms with E-state index in [2.05, 4.69) is 51.5 Å². The quantitative estimate of drug-likeness (QED) is 0.495. The second-order valence-electron chi connectivity index (χ2n) is 7.67. The van der Waals surface area contributed by atoms with Gasteiger partial charge in [0, 0.05) is 32.7 Å². The van der Waals surface area contributed by atoms with E-state index in [4.69, 9.17) is 9.47 Å². The Morgan fingerprint density at radius 2 is 1.77 bits per heavy atom. The molecule has 0 atom stereocenters. The van der Waals surface area contributed by atoms with Gasteiger partial charge in [-0.25, -0.2) is 5.43 Å². The third-order valence-corrected chi connectivity index (χ3v) is 5.25. The van der Waals surface area contributed by atoms with Gasteiger partial charge in [0.1, 0.15) is 0 Å². The van der Waals surface area contributed by atoms with Crippen LogP contribution in [-0.4, -0.2) is 68.4 Å². The fourth-order valence-electron chi connectivity index (χ4n) is 3.51. The highest BCUT2D eigenvalue weighted by molar-refractivity contribution is 5.83. The Labute approximate surface area is 184 Å². The number of rotatable bonds is 9. The van der Waals surface area contributed by atoms with Gasteiger partial charge >= 0.3 is 0 Å². The van der Waals surface area contributed by atoms with Gasteiger partial charge in [0.2, 0.25) is 0 Å². The molecule has 2 aromatic rings. The van der Waals surface area contributed by atoms with Crippen LogP contribution in [0.4, 0.5) is 0 Å². The van der Waals surface area contributed by atoms with E-state index in [9.17, 15) is 4.79 Å². The van der Waals surface area contributed by atoms with Gasteiger partial charge in [-0.15, -0.1) is 0 Å². The zero-order chi connectivity index (χ0) is 22.1. The van der Waals surface area contributed by atoms with Gasteiger partial charge in [-0.1, -0.05) is 29.8 Å². The molecule has 0 bridgehead atoms. The Morgan fingerprint density at radius 3 is 2.45 bits per heavy atom. The van der Waals surface area contributed by atoms with Gasteiger partial charge in [0.15, 0.2) is 11.5 Å². The molecule has 0 spiro atoms. The van der Waals surface area contributed by atoms with Gasteiger partial charge in [0.25, 0.3) is 5.91 Å². The molecule has 1 N–H and O–H groups in total. The lowest BCUT2D eigenvalue weighted by atomic mass is 10.1. The van der Waals surface area contributed by atoms with Crippen molar-refractivity contribution in [1.29, 1.82) is 0 Å². The second kappa shape index (κ2) is 11.5. The summed E-state index contributed by atoms with van der Waals surface area (Å²) >= 11 is 0. The number of aryl methyl sites for hydroxylation is 1. The number of nitrogens with zero attached hydrogens (tertiary/aromatic N) is 3. The molecule has 1 heterocycles. The maximum atomic E-state index is 12.2. The van der Waals surface area contributed by atoms with Gasteiger partial charge in [-0.3, -0.25) is 14.6 Å². The highest BCUT2D eigenvalue weighted by atomic mass is 16.5. The van der Waals surface area contributed by atoms with E-state index < -0.39 is 0 Å². The maximum absolute atomic E-state index is 12.2. The summed E-state index contributed by atoms with van der Waals surface area (Å²) in [6.07, 6.45) is 1.61. The lowest BCUT2D eigenvalue weighted by Crippen LogP contribution is -2.48. The number of hydrazone groups is 1. The van der Waals surface area contributed by atoms with Gasteiger partial charge in [-0.2, -0.15) is 5.10 Å². The number of carbonyl (C=O) groups excluding carboxylic acids is 1. The predicted octanol–water partition coefficient (Wildman–Crippen LogP) is 2.67. The zero-order valence-corrected chi connectivity index (χ0v) is 18.6. The highest BCUT2D eigenvalue weighted by Gasteiger charge is 2.18. The molecule has 7 heteroatoms. The molecule has 2 aromatic carbocycles. The third kappa shape index (κ3) is 7.08. The van der Waals surface area contributed by atoms with Gasteiger partial charge < -0.3 is 9.47 Å². The number of nitrogens with one attached hydrogen (secondary N) is 1. The van der Waals surface area contributed by atoms with Crippen LogP contribution in [0.5, 0.6) is 11.5 Å². The minimum atomic E-state index is -0.110. The van der Waals surface area contributed by atoms with Crippen LogP contribution < -0.4 is 14.9 Å². The summed E-state index contributed by atoms with van der Waals surface area (Å²) in [4.78, 5) is 16.8. The van der Waals surface area contributed by atoms with Crippen molar-refractivity contribution >= 4 is 12.1 Å². The number of methoxy groups -OCH3 is 1. The molecule has 0 radical (unpaired) electrons. The largest absolute Gasteiger partial charge is 0.493 e. The summed E-state index contributed by atoms with van der Waals surface area (Å²) in [6, 6.07) is 14.2. The van der Waals surface area contributed by atoms with Crippen LogP contribution in [0.3, 0.4) is 0 Å². The molecular formula is C24H32N4O3. The fraction of sp³-hybridized carbons (Fsp3) is 0.417. The van der Waals surface area contributed by atoms with Crippen molar-refractivity contribution in [3.05, 3.63) is 59.2 Å². The first-order valence-electron chi connectivity index (χ1n) is 10.7. The standard InChI is InChI=1S/C24H32N4O3/c1-4-31-22-10-9-21(15-23(22)30-3)16-25-26-24(29)18-28-13-11-27(12-14-28)17-20-7-5-19(2)6-8-20/h5-10,15-16H,4,11-14,17-18H2,1-3H3,(H,26,29)/b25-16+. The molecule has 1 aliphatic rings. The lowest BCUT2D eigenvalue weighted by Gasteiger charge is -2.34. The summed E-state index contributed by atoms with van der Waals surface area (Å²) < 4.78 is 10.8. The van der Waals surface area contributed by atoms with Crippen LogP contribution in [-0.2, 0) is 11.3 Å². The molecule has 1 saturated heterocycles. The fourth-order valence-corrected chi connectivity index (χ4v) is 3.51. The first-order chi connectivity index (χ1) is 15.1.